The summed E-state index contributed by atoms with van der Waals surface area (Å²) in [5.41, 5.74) is 4.40. The minimum Gasteiger partial charge on any atom is -0.488 e. The molecule has 2 aromatic carbocycles. The predicted molar refractivity (Wildman–Crippen MR) is 112 cm³/mol. The van der Waals surface area contributed by atoms with E-state index >= 15 is 0 Å². The molecule has 3 aromatic rings. The number of nitrogens with zero attached hydrogens (tertiary/aromatic N) is 3. The zero-order valence-electron chi connectivity index (χ0n) is 14.1. The summed E-state index contributed by atoms with van der Waals surface area (Å²) in [4.78, 5) is 14.4. The third-order valence-electron chi connectivity index (χ3n) is 3.56. The number of rotatable bonds is 7. The van der Waals surface area contributed by atoms with Crippen molar-refractivity contribution in [3.8, 4) is 5.75 Å². The Bertz CT molecular complexity index is 964. The highest BCUT2D eigenvalue weighted by Crippen LogP contribution is 2.23. The van der Waals surface area contributed by atoms with Crippen molar-refractivity contribution in [2.75, 3.05) is 5.43 Å². The first-order valence-electron chi connectivity index (χ1n) is 7.98. The van der Waals surface area contributed by atoms with Gasteiger partial charge in [0.05, 0.1) is 14.7 Å². The Balaban J connectivity index is 1.64. The number of hydrogen-bond acceptors (Lipinski definition) is 6. The first-order chi connectivity index (χ1) is 13.1. The molecule has 0 atom stereocenters. The standard InChI is InChI=1S/C19H15IN4O3/c20-16-11-15(8-9-18(16)27-13-14-5-2-1-3-6-14)12-22-23-19-17(24(25)26)7-4-10-21-19/h1-12H,13H2,(H,21,23)/b22-12-. The highest BCUT2D eigenvalue weighted by molar-refractivity contribution is 14.1. The number of halogens is 1. The van der Waals surface area contributed by atoms with Crippen molar-refractivity contribution in [3.05, 3.63) is 91.7 Å². The van der Waals surface area contributed by atoms with Gasteiger partial charge in [-0.25, -0.2) is 4.98 Å². The van der Waals surface area contributed by atoms with Crippen LogP contribution in [0.1, 0.15) is 11.1 Å². The molecule has 1 heterocycles. The van der Waals surface area contributed by atoms with E-state index in [2.05, 4.69) is 38.1 Å². The Labute approximate surface area is 169 Å². The second-order valence-electron chi connectivity index (χ2n) is 5.46. The van der Waals surface area contributed by atoms with Gasteiger partial charge >= 0.3 is 5.69 Å². The molecular formula is C19H15IN4O3. The Hall–Kier alpha value is -3.01. The van der Waals surface area contributed by atoms with Crippen LogP contribution in [0.3, 0.4) is 0 Å². The van der Waals surface area contributed by atoms with Gasteiger partial charge in [-0.1, -0.05) is 30.3 Å². The van der Waals surface area contributed by atoms with E-state index in [1.165, 1.54) is 18.3 Å². The summed E-state index contributed by atoms with van der Waals surface area (Å²) >= 11 is 2.20. The summed E-state index contributed by atoms with van der Waals surface area (Å²) in [5.74, 6) is 0.876. The number of aromatic nitrogens is 1. The Kier molecular flexibility index (Phi) is 6.31. The fourth-order valence-corrected chi connectivity index (χ4v) is 2.94. The molecule has 136 valence electrons. The lowest BCUT2D eigenvalue weighted by Gasteiger charge is -2.09. The van der Waals surface area contributed by atoms with Gasteiger partial charge in [0.2, 0.25) is 5.82 Å². The van der Waals surface area contributed by atoms with Crippen molar-refractivity contribution in [3.63, 3.8) is 0 Å². The molecule has 0 aliphatic heterocycles. The Morgan fingerprint density at radius 1 is 1.19 bits per heavy atom. The quantitative estimate of drug-likeness (QED) is 0.234. The van der Waals surface area contributed by atoms with Gasteiger partial charge in [0, 0.05) is 12.3 Å². The minimum absolute atomic E-state index is 0.0938. The van der Waals surface area contributed by atoms with Crippen LogP contribution in [-0.4, -0.2) is 16.1 Å². The molecule has 3 rings (SSSR count). The van der Waals surface area contributed by atoms with Gasteiger partial charge in [-0.3, -0.25) is 15.5 Å². The molecule has 0 fully saturated rings. The van der Waals surface area contributed by atoms with Crippen LogP contribution in [0, 0.1) is 13.7 Å². The van der Waals surface area contributed by atoms with E-state index in [9.17, 15) is 10.1 Å². The van der Waals surface area contributed by atoms with Crippen molar-refractivity contribution >= 4 is 40.3 Å². The molecule has 1 N–H and O–H groups in total. The zero-order chi connectivity index (χ0) is 19.1. The maximum Gasteiger partial charge on any atom is 0.313 e. The maximum absolute atomic E-state index is 11.0. The summed E-state index contributed by atoms with van der Waals surface area (Å²) in [6.07, 6.45) is 3.04. The third kappa shape index (κ3) is 5.23. The molecule has 0 amide bonds. The van der Waals surface area contributed by atoms with Crippen LogP contribution in [-0.2, 0) is 6.61 Å². The van der Waals surface area contributed by atoms with Crippen LogP contribution in [0.25, 0.3) is 0 Å². The number of benzene rings is 2. The van der Waals surface area contributed by atoms with Gasteiger partial charge in [0.15, 0.2) is 0 Å². The van der Waals surface area contributed by atoms with Crippen LogP contribution in [0.15, 0.2) is 72.0 Å². The van der Waals surface area contributed by atoms with E-state index in [-0.39, 0.29) is 11.5 Å². The topological polar surface area (TPSA) is 89.7 Å². The van der Waals surface area contributed by atoms with Crippen molar-refractivity contribution in [1.82, 2.24) is 4.98 Å². The number of hydrazone groups is 1. The van der Waals surface area contributed by atoms with Crippen molar-refractivity contribution in [2.45, 2.75) is 6.61 Å². The molecule has 0 bridgehead atoms. The summed E-state index contributed by atoms with van der Waals surface area (Å²) < 4.78 is 6.78. The maximum atomic E-state index is 11.0. The van der Waals surface area contributed by atoms with Crippen LogP contribution in [0.2, 0.25) is 0 Å². The second kappa shape index (κ2) is 9.08. The van der Waals surface area contributed by atoms with Crippen molar-refractivity contribution in [1.29, 1.82) is 0 Å². The Morgan fingerprint density at radius 3 is 2.74 bits per heavy atom. The number of nitro groups is 1. The van der Waals surface area contributed by atoms with Gasteiger partial charge in [-0.2, -0.15) is 5.10 Å². The average Bonchev–Trinajstić information content (AvgIpc) is 2.68. The minimum atomic E-state index is -0.507. The molecule has 0 aliphatic carbocycles. The molecule has 1 aromatic heterocycles. The first kappa shape index (κ1) is 18.8. The van der Waals surface area contributed by atoms with Gasteiger partial charge < -0.3 is 4.74 Å². The van der Waals surface area contributed by atoms with Crippen LogP contribution in [0.4, 0.5) is 11.5 Å². The van der Waals surface area contributed by atoms with Crippen LogP contribution < -0.4 is 10.2 Å². The SMILES string of the molecule is O=[N+]([O-])c1cccnc1N/N=C\c1ccc(OCc2ccccc2)c(I)c1. The number of ether oxygens (including phenoxy) is 1. The van der Waals surface area contributed by atoms with Gasteiger partial charge in [0.1, 0.15) is 12.4 Å². The predicted octanol–water partition coefficient (Wildman–Crippen LogP) is 4.62. The highest BCUT2D eigenvalue weighted by atomic mass is 127. The number of hydrogen-bond donors (Lipinski definition) is 1. The van der Waals surface area contributed by atoms with Gasteiger partial charge in [0.25, 0.3) is 0 Å². The lowest BCUT2D eigenvalue weighted by atomic mass is 10.2. The van der Waals surface area contributed by atoms with E-state index in [0.717, 1.165) is 20.4 Å². The van der Waals surface area contributed by atoms with E-state index in [4.69, 9.17) is 4.74 Å². The fourth-order valence-electron chi connectivity index (χ4n) is 2.25. The number of pyridine rings is 1. The van der Waals surface area contributed by atoms with Crippen LogP contribution in [0.5, 0.6) is 5.75 Å². The molecule has 7 nitrogen and oxygen atoms in total. The summed E-state index contributed by atoms with van der Waals surface area (Å²) in [6, 6.07) is 18.5. The third-order valence-corrected chi connectivity index (χ3v) is 4.40. The summed E-state index contributed by atoms with van der Waals surface area (Å²) in [7, 11) is 0. The molecule has 0 aliphatic rings. The first-order valence-corrected chi connectivity index (χ1v) is 9.06. The average molecular weight is 474 g/mol. The molecule has 0 saturated heterocycles. The molecule has 27 heavy (non-hydrogen) atoms. The highest BCUT2D eigenvalue weighted by Gasteiger charge is 2.12. The van der Waals surface area contributed by atoms with Gasteiger partial charge in [-0.05, 0) is 58.0 Å². The van der Waals surface area contributed by atoms with Gasteiger partial charge in [-0.15, -0.1) is 0 Å². The van der Waals surface area contributed by atoms with Crippen LogP contribution >= 0.6 is 22.6 Å². The fraction of sp³-hybridized carbons (Fsp3) is 0.0526. The lowest BCUT2D eigenvalue weighted by Crippen LogP contribution is -1.99. The summed E-state index contributed by atoms with van der Waals surface area (Å²) in [5, 5.41) is 15.0. The molecule has 0 saturated carbocycles. The molecule has 0 unspecified atom stereocenters. The number of nitrogens with one attached hydrogen (secondary N) is 1. The van der Waals surface area contributed by atoms with E-state index < -0.39 is 4.92 Å². The Morgan fingerprint density at radius 2 is 2.00 bits per heavy atom. The number of anilines is 1. The smallest absolute Gasteiger partial charge is 0.313 e. The van der Waals surface area contributed by atoms with E-state index in [1.54, 1.807) is 6.21 Å². The van der Waals surface area contributed by atoms with E-state index in [1.807, 2.05) is 48.5 Å². The molecule has 8 heteroatoms. The van der Waals surface area contributed by atoms with Crippen molar-refractivity contribution < 1.29 is 9.66 Å². The molecule has 0 radical (unpaired) electrons. The monoisotopic (exact) mass is 474 g/mol. The normalized spacial score (nSPS) is 10.7. The van der Waals surface area contributed by atoms with Crippen molar-refractivity contribution in [2.24, 2.45) is 5.10 Å². The summed E-state index contributed by atoms with van der Waals surface area (Å²) in [6.45, 7) is 0.495. The largest absolute Gasteiger partial charge is 0.488 e. The zero-order valence-corrected chi connectivity index (χ0v) is 16.2. The van der Waals surface area contributed by atoms with E-state index in [0.29, 0.717) is 6.61 Å². The second-order valence-corrected chi connectivity index (χ2v) is 6.62. The lowest BCUT2D eigenvalue weighted by molar-refractivity contribution is -0.384. The molecular weight excluding hydrogens is 459 g/mol. The molecule has 0 spiro atoms.